The van der Waals surface area contributed by atoms with Crippen molar-refractivity contribution in [3.8, 4) is 0 Å². The first-order valence-electron chi connectivity index (χ1n) is 8.87. The number of hydrogen-bond acceptors (Lipinski definition) is 6. The Hall–Kier alpha value is -2.51. The number of amides is 1. The second-order valence-corrected chi connectivity index (χ2v) is 6.40. The largest absolute Gasteiger partial charge is 0.379 e. The molecule has 3 rings (SSSR count). The maximum Gasteiger partial charge on any atom is 0.258 e. The Morgan fingerprint density at radius 1 is 1.15 bits per heavy atom. The van der Waals surface area contributed by atoms with Crippen molar-refractivity contribution in [2.45, 2.75) is 13.8 Å². The van der Waals surface area contributed by atoms with Gasteiger partial charge >= 0.3 is 0 Å². The van der Waals surface area contributed by atoms with Crippen LogP contribution in [0.5, 0.6) is 0 Å². The molecule has 26 heavy (non-hydrogen) atoms. The highest BCUT2D eigenvalue weighted by molar-refractivity contribution is 6.04. The average Bonchev–Trinajstić information content (AvgIpc) is 2.66. The molecule has 0 unspecified atom stereocenters. The van der Waals surface area contributed by atoms with Gasteiger partial charge in [-0.1, -0.05) is 18.2 Å². The lowest BCUT2D eigenvalue weighted by atomic mass is 10.1. The zero-order chi connectivity index (χ0) is 18.4. The van der Waals surface area contributed by atoms with E-state index < -0.39 is 0 Å². The Bertz CT molecular complexity index is 722. The Kier molecular flexibility index (Phi) is 6.14. The zero-order valence-electron chi connectivity index (χ0n) is 15.3. The number of aromatic nitrogens is 2. The molecular weight excluding hydrogens is 330 g/mol. The summed E-state index contributed by atoms with van der Waals surface area (Å²) in [4.78, 5) is 23.2. The van der Waals surface area contributed by atoms with Crippen LogP contribution in [0.4, 0.5) is 11.6 Å². The van der Waals surface area contributed by atoms with Crippen LogP contribution in [0.1, 0.15) is 21.5 Å². The molecule has 2 N–H and O–H groups in total. The van der Waals surface area contributed by atoms with E-state index in [1.165, 1.54) is 0 Å². The molecular formula is C19H25N5O2. The Balaban J connectivity index is 1.52. The van der Waals surface area contributed by atoms with E-state index >= 15 is 0 Å². The summed E-state index contributed by atoms with van der Waals surface area (Å²) in [6.45, 7) is 9.12. The van der Waals surface area contributed by atoms with Crippen LogP contribution in [-0.2, 0) is 4.74 Å². The topological polar surface area (TPSA) is 79.4 Å². The van der Waals surface area contributed by atoms with Crippen LogP contribution < -0.4 is 10.6 Å². The maximum absolute atomic E-state index is 12.4. The average molecular weight is 355 g/mol. The van der Waals surface area contributed by atoms with Gasteiger partial charge in [-0.3, -0.25) is 9.69 Å². The molecule has 138 valence electrons. The molecule has 1 aliphatic rings. The number of morpholine rings is 1. The maximum atomic E-state index is 12.4. The fraction of sp³-hybridized carbons (Fsp3) is 0.421. The summed E-state index contributed by atoms with van der Waals surface area (Å²) in [5.41, 5.74) is 3.33. The van der Waals surface area contributed by atoms with Crippen LogP contribution in [-0.4, -0.2) is 60.2 Å². The molecule has 0 atom stereocenters. The van der Waals surface area contributed by atoms with E-state index in [-0.39, 0.29) is 5.91 Å². The highest BCUT2D eigenvalue weighted by Crippen LogP contribution is 2.20. The van der Waals surface area contributed by atoms with Crippen molar-refractivity contribution < 1.29 is 9.53 Å². The van der Waals surface area contributed by atoms with Crippen LogP contribution in [0.3, 0.4) is 0 Å². The van der Waals surface area contributed by atoms with E-state index in [4.69, 9.17) is 4.74 Å². The van der Waals surface area contributed by atoms with Gasteiger partial charge in [0.25, 0.3) is 5.91 Å². The monoisotopic (exact) mass is 355 g/mol. The van der Waals surface area contributed by atoms with E-state index in [1.54, 1.807) is 12.4 Å². The molecule has 1 aromatic carbocycles. The first-order chi connectivity index (χ1) is 12.6. The van der Waals surface area contributed by atoms with Crippen molar-refractivity contribution in [2.75, 3.05) is 50.0 Å². The quantitative estimate of drug-likeness (QED) is 0.826. The van der Waals surface area contributed by atoms with Crippen molar-refractivity contribution in [1.29, 1.82) is 0 Å². The molecule has 2 heterocycles. The summed E-state index contributed by atoms with van der Waals surface area (Å²) in [5, 5.41) is 6.13. The van der Waals surface area contributed by atoms with Crippen LogP contribution in [0, 0.1) is 13.8 Å². The Labute approximate surface area is 153 Å². The summed E-state index contributed by atoms with van der Waals surface area (Å²) >= 11 is 0. The van der Waals surface area contributed by atoms with Gasteiger partial charge in [-0.05, 0) is 25.0 Å². The van der Waals surface area contributed by atoms with Crippen molar-refractivity contribution >= 4 is 17.5 Å². The minimum atomic E-state index is -0.206. The molecule has 1 aromatic heterocycles. The number of nitrogens with zero attached hydrogens (tertiary/aromatic N) is 3. The highest BCUT2D eigenvalue weighted by atomic mass is 16.5. The van der Waals surface area contributed by atoms with E-state index in [2.05, 4.69) is 25.5 Å². The number of hydrogen-bond donors (Lipinski definition) is 2. The van der Waals surface area contributed by atoms with Gasteiger partial charge in [-0.15, -0.1) is 0 Å². The number of aryl methyl sites for hydroxylation is 2. The number of carbonyl (C=O) groups is 1. The fourth-order valence-corrected chi connectivity index (χ4v) is 2.88. The molecule has 7 nitrogen and oxygen atoms in total. The third-order valence-electron chi connectivity index (χ3n) is 4.45. The van der Waals surface area contributed by atoms with E-state index in [0.717, 1.165) is 56.2 Å². The standard InChI is InChI=1S/C19H25N5O2/c1-14-4-3-5-15(2)17(14)23-18(25)16-12-21-19(22-13-16)20-6-7-24-8-10-26-11-9-24/h3-5,12-13H,6-11H2,1-2H3,(H,23,25)(H,20,21,22). The second-order valence-electron chi connectivity index (χ2n) is 6.40. The third kappa shape index (κ3) is 4.77. The van der Waals surface area contributed by atoms with Gasteiger partial charge < -0.3 is 15.4 Å². The normalized spacial score (nSPS) is 14.8. The smallest absolute Gasteiger partial charge is 0.258 e. The number of ether oxygens (including phenoxy) is 1. The van der Waals surface area contributed by atoms with Crippen molar-refractivity contribution in [3.63, 3.8) is 0 Å². The van der Waals surface area contributed by atoms with Crippen molar-refractivity contribution in [1.82, 2.24) is 14.9 Å². The Morgan fingerprint density at radius 2 is 1.81 bits per heavy atom. The first-order valence-corrected chi connectivity index (χ1v) is 8.87. The number of benzene rings is 1. The summed E-state index contributed by atoms with van der Waals surface area (Å²) in [6, 6.07) is 5.92. The predicted octanol–water partition coefficient (Wildman–Crippen LogP) is 2.09. The van der Waals surface area contributed by atoms with Crippen LogP contribution in [0.2, 0.25) is 0 Å². The van der Waals surface area contributed by atoms with E-state index in [9.17, 15) is 4.79 Å². The second kappa shape index (κ2) is 8.73. The predicted molar refractivity (Wildman–Crippen MR) is 102 cm³/mol. The zero-order valence-corrected chi connectivity index (χ0v) is 15.3. The van der Waals surface area contributed by atoms with Crippen LogP contribution in [0.15, 0.2) is 30.6 Å². The molecule has 0 bridgehead atoms. The number of carbonyl (C=O) groups excluding carboxylic acids is 1. The molecule has 0 spiro atoms. The molecule has 0 aliphatic carbocycles. The molecule has 0 saturated carbocycles. The summed E-state index contributed by atoms with van der Waals surface area (Å²) in [6.07, 6.45) is 3.10. The van der Waals surface area contributed by atoms with E-state index in [1.807, 2.05) is 32.0 Å². The molecule has 7 heteroatoms. The molecule has 1 fully saturated rings. The fourth-order valence-electron chi connectivity index (χ4n) is 2.88. The minimum Gasteiger partial charge on any atom is -0.379 e. The lowest BCUT2D eigenvalue weighted by molar-refractivity contribution is 0.0398. The Morgan fingerprint density at radius 3 is 2.46 bits per heavy atom. The van der Waals surface area contributed by atoms with Gasteiger partial charge in [0.15, 0.2) is 0 Å². The summed E-state index contributed by atoms with van der Waals surface area (Å²) in [5.74, 6) is 0.323. The minimum absolute atomic E-state index is 0.206. The van der Waals surface area contributed by atoms with Gasteiger partial charge in [0.05, 0.1) is 18.8 Å². The number of nitrogens with one attached hydrogen (secondary N) is 2. The number of anilines is 2. The van der Waals surface area contributed by atoms with Gasteiger partial charge in [0.1, 0.15) is 0 Å². The first kappa shape index (κ1) is 18.3. The highest BCUT2D eigenvalue weighted by Gasteiger charge is 2.12. The summed E-state index contributed by atoms with van der Waals surface area (Å²) in [7, 11) is 0. The van der Waals surface area contributed by atoms with Gasteiger partial charge in [-0.2, -0.15) is 0 Å². The summed E-state index contributed by atoms with van der Waals surface area (Å²) < 4.78 is 5.33. The molecule has 1 aliphatic heterocycles. The number of para-hydroxylation sites is 1. The molecule has 0 radical (unpaired) electrons. The van der Waals surface area contributed by atoms with E-state index in [0.29, 0.717) is 11.5 Å². The van der Waals surface area contributed by atoms with Crippen LogP contribution in [0.25, 0.3) is 0 Å². The number of rotatable bonds is 6. The molecule has 1 amide bonds. The van der Waals surface area contributed by atoms with Crippen molar-refractivity contribution in [3.05, 3.63) is 47.3 Å². The van der Waals surface area contributed by atoms with Crippen LogP contribution >= 0.6 is 0 Å². The SMILES string of the molecule is Cc1cccc(C)c1NC(=O)c1cnc(NCCN2CCOCC2)nc1. The lowest BCUT2D eigenvalue weighted by Gasteiger charge is -2.26. The van der Waals surface area contributed by atoms with Gasteiger partial charge in [-0.25, -0.2) is 9.97 Å². The van der Waals surface area contributed by atoms with Gasteiger partial charge in [0.2, 0.25) is 5.95 Å². The third-order valence-corrected chi connectivity index (χ3v) is 4.45. The van der Waals surface area contributed by atoms with Gasteiger partial charge in [0, 0.05) is 44.3 Å². The van der Waals surface area contributed by atoms with Crippen molar-refractivity contribution in [2.24, 2.45) is 0 Å². The lowest BCUT2D eigenvalue weighted by Crippen LogP contribution is -2.39. The molecule has 2 aromatic rings. The molecule has 1 saturated heterocycles.